The van der Waals surface area contributed by atoms with Crippen molar-refractivity contribution in [2.75, 3.05) is 13.7 Å². The van der Waals surface area contributed by atoms with E-state index in [1.54, 1.807) is 31.0 Å². The number of carbonyl (C=O) groups is 1. The molecule has 0 N–H and O–H groups in total. The van der Waals surface area contributed by atoms with Crippen LogP contribution in [0.15, 0.2) is 94.5 Å². The molecule has 5 rings (SSSR count). The number of esters is 1. The number of hydrogen-bond acceptors (Lipinski definition) is 7. The van der Waals surface area contributed by atoms with E-state index in [-0.39, 0.29) is 12.2 Å². The lowest BCUT2D eigenvalue weighted by Gasteiger charge is -2.26. The summed E-state index contributed by atoms with van der Waals surface area (Å²) in [6.07, 6.45) is 5.16. The lowest BCUT2D eigenvalue weighted by Crippen LogP contribution is -2.40. The third kappa shape index (κ3) is 4.38. The van der Waals surface area contributed by atoms with Crippen LogP contribution in [0.3, 0.4) is 0 Å². The Bertz CT molecular complexity index is 1620. The molecule has 0 saturated heterocycles. The zero-order chi connectivity index (χ0) is 25.1. The van der Waals surface area contributed by atoms with Crippen LogP contribution in [0.25, 0.3) is 11.8 Å². The van der Waals surface area contributed by atoms with Gasteiger partial charge >= 0.3 is 5.97 Å². The average molecular weight is 498 g/mol. The van der Waals surface area contributed by atoms with Crippen molar-refractivity contribution >= 4 is 29.1 Å². The number of methoxy groups -OCH3 is 1. The molecule has 1 aliphatic rings. The van der Waals surface area contributed by atoms with Crippen LogP contribution in [0.4, 0.5) is 0 Å². The zero-order valence-corrected chi connectivity index (χ0v) is 20.6. The molecule has 3 heterocycles. The topological polar surface area (TPSA) is 82.8 Å². The molecule has 0 fully saturated rings. The van der Waals surface area contributed by atoms with E-state index < -0.39 is 12.0 Å². The van der Waals surface area contributed by atoms with Crippen LogP contribution in [-0.2, 0) is 9.53 Å². The highest BCUT2D eigenvalue weighted by molar-refractivity contribution is 7.07. The Kier molecular flexibility index (Phi) is 6.60. The van der Waals surface area contributed by atoms with E-state index >= 15 is 0 Å². The molecule has 2 aromatic heterocycles. The van der Waals surface area contributed by atoms with Gasteiger partial charge in [-0.25, -0.2) is 9.79 Å². The van der Waals surface area contributed by atoms with Crippen molar-refractivity contribution in [1.82, 2.24) is 9.55 Å². The van der Waals surface area contributed by atoms with Gasteiger partial charge in [-0.3, -0.25) is 14.3 Å². The molecule has 7 nitrogen and oxygen atoms in total. The van der Waals surface area contributed by atoms with Crippen molar-refractivity contribution in [1.29, 1.82) is 0 Å². The number of fused-ring (bicyclic) bond motifs is 1. The minimum Gasteiger partial charge on any atom is -0.497 e. The number of nitrogens with zero attached hydrogens (tertiary/aromatic N) is 3. The van der Waals surface area contributed by atoms with Gasteiger partial charge in [-0.2, -0.15) is 0 Å². The van der Waals surface area contributed by atoms with Gasteiger partial charge in [0, 0.05) is 18.0 Å². The molecule has 180 valence electrons. The highest BCUT2D eigenvalue weighted by Crippen LogP contribution is 2.36. The number of carbonyl (C=O) groups excluding carboxylic acids is 1. The first-order valence-electron chi connectivity index (χ1n) is 11.4. The molecule has 1 unspecified atom stereocenters. The fourth-order valence-electron chi connectivity index (χ4n) is 4.18. The summed E-state index contributed by atoms with van der Waals surface area (Å²) in [6.45, 7) is 1.95. The van der Waals surface area contributed by atoms with Crippen molar-refractivity contribution in [2.24, 2.45) is 4.99 Å². The van der Waals surface area contributed by atoms with Crippen LogP contribution in [0.1, 0.15) is 29.7 Å². The highest BCUT2D eigenvalue weighted by Gasteiger charge is 2.35. The lowest BCUT2D eigenvalue weighted by atomic mass is 9.93. The summed E-state index contributed by atoms with van der Waals surface area (Å²) in [5.41, 5.74) is 2.88. The van der Waals surface area contributed by atoms with Crippen molar-refractivity contribution < 1.29 is 14.3 Å². The normalized spacial score (nSPS) is 15.3. The molecule has 0 amide bonds. The van der Waals surface area contributed by atoms with Gasteiger partial charge in [0.05, 0.1) is 35.6 Å². The minimum atomic E-state index is -0.745. The van der Waals surface area contributed by atoms with Crippen molar-refractivity contribution in [3.05, 3.63) is 121 Å². The fraction of sp³-hybridized carbons (Fsp3) is 0.143. The number of thiazole rings is 1. The minimum absolute atomic E-state index is 0.196. The van der Waals surface area contributed by atoms with E-state index in [1.165, 1.54) is 11.3 Å². The van der Waals surface area contributed by atoms with Crippen molar-refractivity contribution in [3.63, 3.8) is 0 Å². The average Bonchev–Trinajstić information content (AvgIpc) is 3.23. The molecule has 8 heteroatoms. The Balaban J connectivity index is 1.85. The van der Waals surface area contributed by atoms with E-state index in [0.29, 0.717) is 26.4 Å². The van der Waals surface area contributed by atoms with E-state index in [1.807, 2.05) is 72.8 Å². The predicted octanol–water partition coefficient (Wildman–Crippen LogP) is 3.34. The van der Waals surface area contributed by atoms with Gasteiger partial charge < -0.3 is 9.47 Å². The van der Waals surface area contributed by atoms with Crippen molar-refractivity contribution in [2.45, 2.75) is 13.0 Å². The Morgan fingerprint density at radius 1 is 1.08 bits per heavy atom. The highest BCUT2D eigenvalue weighted by atomic mass is 32.1. The Morgan fingerprint density at radius 2 is 1.86 bits per heavy atom. The maximum atomic E-state index is 13.8. The van der Waals surface area contributed by atoms with Crippen LogP contribution in [0.2, 0.25) is 0 Å². The molecule has 4 aromatic rings. The third-order valence-electron chi connectivity index (χ3n) is 5.79. The van der Waals surface area contributed by atoms with Crippen LogP contribution in [-0.4, -0.2) is 29.2 Å². The molecule has 0 radical (unpaired) electrons. The van der Waals surface area contributed by atoms with Gasteiger partial charge in [-0.15, -0.1) is 0 Å². The SMILES string of the molecule is CCOC(=O)C1=C(c2ccccc2)N=c2sc(=Cc3ccncc3)c(=O)n2C1c1cccc(OC)c1. The predicted molar refractivity (Wildman–Crippen MR) is 138 cm³/mol. The molecule has 36 heavy (non-hydrogen) atoms. The smallest absolute Gasteiger partial charge is 0.338 e. The molecule has 1 atom stereocenters. The van der Waals surface area contributed by atoms with Gasteiger partial charge in [0.2, 0.25) is 0 Å². The first-order chi connectivity index (χ1) is 17.6. The molecule has 1 aliphatic heterocycles. The molecule has 0 bridgehead atoms. The Hall–Kier alpha value is -4.30. The number of benzene rings is 2. The third-order valence-corrected chi connectivity index (χ3v) is 6.77. The van der Waals surface area contributed by atoms with Gasteiger partial charge in [0.15, 0.2) is 4.80 Å². The number of ether oxygens (including phenoxy) is 2. The number of hydrogen-bond donors (Lipinski definition) is 0. The fourth-order valence-corrected chi connectivity index (χ4v) is 5.18. The van der Waals surface area contributed by atoms with Crippen molar-refractivity contribution in [3.8, 4) is 5.75 Å². The molecular weight excluding hydrogens is 474 g/mol. The van der Waals surface area contributed by atoms with Gasteiger partial charge in [-0.1, -0.05) is 53.8 Å². The zero-order valence-electron chi connectivity index (χ0n) is 19.8. The van der Waals surface area contributed by atoms with E-state index in [0.717, 1.165) is 16.7 Å². The second kappa shape index (κ2) is 10.1. The second-order valence-corrected chi connectivity index (χ2v) is 9.00. The molecule has 0 aliphatic carbocycles. The van der Waals surface area contributed by atoms with E-state index in [2.05, 4.69) is 4.98 Å². The molecule has 0 saturated carbocycles. The first kappa shape index (κ1) is 23.4. The van der Waals surface area contributed by atoms with Crippen LogP contribution in [0.5, 0.6) is 5.75 Å². The van der Waals surface area contributed by atoms with Gasteiger partial charge in [0.1, 0.15) is 5.75 Å². The standard InChI is InChI=1S/C28H23N3O4S/c1-3-35-27(33)23-24(19-8-5-4-6-9-19)30-28-31(25(23)20-10-7-11-21(17-20)34-2)26(32)22(36-28)16-18-12-14-29-15-13-18/h4-17,25H,3H2,1-2H3. The summed E-state index contributed by atoms with van der Waals surface area (Å²) in [7, 11) is 1.58. The monoisotopic (exact) mass is 497 g/mol. The molecular formula is C28H23N3O4S. The van der Waals surface area contributed by atoms with Crippen LogP contribution < -0.4 is 19.6 Å². The van der Waals surface area contributed by atoms with E-state index in [9.17, 15) is 9.59 Å². The number of pyridine rings is 1. The molecule has 2 aromatic carbocycles. The summed E-state index contributed by atoms with van der Waals surface area (Å²) in [5, 5.41) is 0. The van der Waals surface area contributed by atoms with Gasteiger partial charge in [0.25, 0.3) is 5.56 Å². The number of rotatable bonds is 6. The number of aromatic nitrogens is 2. The summed E-state index contributed by atoms with van der Waals surface area (Å²) >= 11 is 1.28. The summed E-state index contributed by atoms with van der Waals surface area (Å²) < 4.78 is 13.0. The maximum absolute atomic E-state index is 13.8. The second-order valence-electron chi connectivity index (χ2n) is 7.99. The largest absolute Gasteiger partial charge is 0.497 e. The summed E-state index contributed by atoms with van der Waals surface area (Å²) in [4.78, 5) is 36.6. The summed E-state index contributed by atoms with van der Waals surface area (Å²) in [6, 6.07) is 19.8. The van der Waals surface area contributed by atoms with Gasteiger partial charge in [-0.05, 0) is 48.4 Å². The maximum Gasteiger partial charge on any atom is 0.338 e. The van der Waals surface area contributed by atoms with Crippen LogP contribution in [0, 0.1) is 0 Å². The van der Waals surface area contributed by atoms with E-state index in [4.69, 9.17) is 14.5 Å². The quantitative estimate of drug-likeness (QED) is 0.382. The Morgan fingerprint density at radius 3 is 2.58 bits per heavy atom. The summed E-state index contributed by atoms with van der Waals surface area (Å²) in [5.74, 6) is 0.101. The lowest BCUT2D eigenvalue weighted by molar-refractivity contribution is -0.138. The van der Waals surface area contributed by atoms with Crippen LogP contribution >= 0.6 is 11.3 Å². The first-order valence-corrected chi connectivity index (χ1v) is 12.2. The Labute approximate surface area is 211 Å². The molecule has 0 spiro atoms.